The number of halogens is 2. The molecule has 0 spiro atoms. The molecule has 0 heterocycles. The molecule has 0 bridgehead atoms. The van der Waals surface area contributed by atoms with E-state index in [1.807, 2.05) is 0 Å². The summed E-state index contributed by atoms with van der Waals surface area (Å²) in [6, 6.07) is -1.29. The molecule has 0 aliphatic heterocycles. The molecule has 0 aliphatic rings. The van der Waals surface area contributed by atoms with Crippen molar-refractivity contribution in [3.05, 3.63) is 0 Å². The maximum absolute atomic E-state index is 13.8. The summed E-state index contributed by atoms with van der Waals surface area (Å²) in [5, 5.41) is 13.4. The summed E-state index contributed by atoms with van der Waals surface area (Å²) >= 11 is 0. The molecule has 0 saturated carbocycles. The number of esters is 1. The van der Waals surface area contributed by atoms with Gasteiger partial charge in [-0.15, -0.1) is 0 Å². The molecule has 5 N–H and O–H groups in total. The lowest BCUT2D eigenvalue weighted by Gasteiger charge is -2.27. The van der Waals surface area contributed by atoms with Gasteiger partial charge in [0, 0.05) is 6.04 Å². The molecule has 24 heavy (non-hydrogen) atoms. The summed E-state index contributed by atoms with van der Waals surface area (Å²) in [5.74, 6) is -7.55. The van der Waals surface area contributed by atoms with Crippen molar-refractivity contribution in [2.75, 3.05) is 19.7 Å². The van der Waals surface area contributed by atoms with E-state index >= 15 is 0 Å². The summed E-state index contributed by atoms with van der Waals surface area (Å²) in [5.41, 5.74) is 5.47. The van der Waals surface area contributed by atoms with E-state index in [0.717, 1.165) is 0 Å². The van der Waals surface area contributed by atoms with E-state index in [1.165, 1.54) is 0 Å². The molecule has 0 aromatic carbocycles. The van der Waals surface area contributed by atoms with Crippen LogP contribution < -0.4 is 16.4 Å². The smallest absolute Gasteiger partial charge is 0.351 e. The molecule has 0 fully saturated rings. The van der Waals surface area contributed by atoms with Crippen LogP contribution in [0.1, 0.15) is 27.2 Å². The maximum atomic E-state index is 13.8. The monoisotopic (exact) mass is 353 g/mol. The fourth-order valence-electron chi connectivity index (χ4n) is 1.80. The Morgan fingerprint density at radius 1 is 1.21 bits per heavy atom. The normalized spacial score (nSPS) is 14.0. The Balaban J connectivity index is 4.42. The second-order valence-electron chi connectivity index (χ2n) is 5.63. The zero-order valence-electron chi connectivity index (χ0n) is 14.0. The average Bonchev–Trinajstić information content (AvgIpc) is 2.49. The average molecular weight is 353 g/mol. The molecule has 1 unspecified atom stereocenters. The van der Waals surface area contributed by atoms with Crippen LogP contribution in [-0.4, -0.2) is 60.7 Å². The van der Waals surface area contributed by atoms with Crippen molar-refractivity contribution >= 4 is 17.8 Å². The lowest BCUT2D eigenvalue weighted by atomic mass is 9.96. The van der Waals surface area contributed by atoms with Gasteiger partial charge in [0.1, 0.15) is 12.6 Å². The Bertz CT molecular complexity index is 446. The number of nitrogens with one attached hydrogen (secondary N) is 2. The number of ether oxygens (including phenoxy) is 1. The van der Waals surface area contributed by atoms with Crippen molar-refractivity contribution in [3.8, 4) is 0 Å². The minimum absolute atomic E-state index is 0.0397. The van der Waals surface area contributed by atoms with Crippen LogP contribution in [-0.2, 0) is 19.1 Å². The summed E-state index contributed by atoms with van der Waals surface area (Å²) in [4.78, 5) is 33.9. The van der Waals surface area contributed by atoms with Crippen LogP contribution in [0.3, 0.4) is 0 Å². The van der Waals surface area contributed by atoms with Crippen molar-refractivity contribution in [2.24, 2.45) is 11.7 Å². The molecular formula is C14H25F2N3O5. The minimum Gasteiger partial charge on any atom is -0.465 e. The van der Waals surface area contributed by atoms with Gasteiger partial charge >= 0.3 is 11.9 Å². The zero-order valence-corrected chi connectivity index (χ0v) is 14.0. The first-order valence-corrected chi connectivity index (χ1v) is 7.54. The molecule has 2 atom stereocenters. The molecule has 0 aromatic rings. The highest BCUT2D eigenvalue weighted by Crippen LogP contribution is 2.23. The Morgan fingerprint density at radius 3 is 2.29 bits per heavy atom. The Labute approximate surface area is 139 Å². The van der Waals surface area contributed by atoms with Crippen molar-refractivity contribution in [1.82, 2.24) is 10.6 Å². The summed E-state index contributed by atoms with van der Waals surface area (Å²) in [6.07, 6.45) is -2.27. The largest absolute Gasteiger partial charge is 0.465 e. The van der Waals surface area contributed by atoms with Crippen LogP contribution in [0.2, 0.25) is 0 Å². The fraction of sp³-hybridized carbons (Fsp3) is 0.786. The highest BCUT2D eigenvalue weighted by Gasteiger charge is 2.49. The minimum atomic E-state index is -4.14. The van der Waals surface area contributed by atoms with E-state index in [0.29, 0.717) is 0 Å². The van der Waals surface area contributed by atoms with Crippen molar-refractivity contribution < 1.29 is 33.0 Å². The lowest BCUT2D eigenvalue weighted by Crippen LogP contribution is -2.56. The van der Waals surface area contributed by atoms with Crippen molar-refractivity contribution in [2.45, 2.75) is 45.3 Å². The molecule has 10 heteroatoms. The molecule has 8 nitrogen and oxygen atoms in total. The lowest BCUT2D eigenvalue weighted by molar-refractivity contribution is -0.166. The number of amides is 2. The molecule has 0 aromatic heterocycles. The van der Waals surface area contributed by atoms with E-state index in [-0.39, 0.29) is 18.9 Å². The predicted molar refractivity (Wildman–Crippen MR) is 81.0 cm³/mol. The van der Waals surface area contributed by atoms with E-state index in [2.05, 4.69) is 10.1 Å². The predicted octanol–water partition coefficient (Wildman–Crippen LogP) is -0.848. The van der Waals surface area contributed by atoms with Gasteiger partial charge in [-0.25, -0.2) is 0 Å². The van der Waals surface area contributed by atoms with Gasteiger partial charge in [0.2, 0.25) is 5.91 Å². The maximum Gasteiger partial charge on any atom is 0.351 e. The van der Waals surface area contributed by atoms with Crippen LogP contribution in [0, 0.1) is 5.92 Å². The third-order valence-corrected chi connectivity index (χ3v) is 2.97. The third kappa shape index (κ3) is 7.64. The van der Waals surface area contributed by atoms with Crippen LogP contribution in [0.15, 0.2) is 0 Å². The third-order valence-electron chi connectivity index (χ3n) is 2.97. The van der Waals surface area contributed by atoms with Gasteiger partial charge in [0.25, 0.3) is 5.91 Å². The number of aliphatic hydroxyl groups excluding tert-OH is 1. The van der Waals surface area contributed by atoms with E-state index in [1.54, 1.807) is 26.1 Å². The van der Waals surface area contributed by atoms with Gasteiger partial charge in [0.15, 0.2) is 0 Å². The number of aliphatic hydroxyl groups is 1. The van der Waals surface area contributed by atoms with Gasteiger partial charge in [-0.3, -0.25) is 14.4 Å². The SMILES string of the molecule is CCOC(=O)CNC(=O)CNC(=O)C(F)(F)C(O)[C@@H](N)CC(C)C. The second kappa shape index (κ2) is 10.1. The molecule has 0 rings (SSSR count). The molecule has 2 amide bonds. The van der Waals surface area contributed by atoms with Gasteiger partial charge in [0.05, 0.1) is 13.2 Å². The number of rotatable bonds is 10. The zero-order chi connectivity index (χ0) is 18.9. The first-order valence-electron chi connectivity index (χ1n) is 7.54. The quantitative estimate of drug-likeness (QED) is 0.379. The van der Waals surface area contributed by atoms with E-state index in [4.69, 9.17) is 5.73 Å². The second-order valence-corrected chi connectivity index (χ2v) is 5.63. The number of hydrogen-bond donors (Lipinski definition) is 4. The molecule has 0 radical (unpaired) electrons. The Morgan fingerprint density at radius 2 is 1.79 bits per heavy atom. The first-order chi connectivity index (χ1) is 11.0. The van der Waals surface area contributed by atoms with Crippen LogP contribution in [0.25, 0.3) is 0 Å². The van der Waals surface area contributed by atoms with Gasteiger partial charge < -0.3 is 26.2 Å². The van der Waals surface area contributed by atoms with Gasteiger partial charge in [-0.05, 0) is 19.3 Å². The highest BCUT2D eigenvalue weighted by molar-refractivity contribution is 5.90. The van der Waals surface area contributed by atoms with Crippen LogP contribution >= 0.6 is 0 Å². The summed E-state index contributed by atoms with van der Waals surface area (Å²) < 4.78 is 32.2. The molecule has 140 valence electrons. The van der Waals surface area contributed by atoms with E-state index < -0.39 is 48.9 Å². The number of alkyl halides is 2. The topological polar surface area (TPSA) is 131 Å². The standard InChI is InChI=1S/C14H25F2N3O5/c1-4-24-11(21)7-18-10(20)6-19-13(23)14(15,16)12(22)9(17)5-8(2)3/h8-9,12,22H,4-7,17H2,1-3H3,(H,18,20)(H,19,23)/t9-,12?/m0/s1. The number of nitrogens with two attached hydrogens (primary N) is 1. The number of carbonyl (C=O) groups excluding carboxylic acids is 3. The summed E-state index contributed by atoms with van der Waals surface area (Å²) in [6.45, 7) is 3.96. The molecule has 0 saturated heterocycles. The van der Waals surface area contributed by atoms with Crippen molar-refractivity contribution in [1.29, 1.82) is 0 Å². The van der Waals surface area contributed by atoms with Crippen LogP contribution in [0.4, 0.5) is 8.78 Å². The summed E-state index contributed by atoms with van der Waals surface area (Å²) in [7, 11) is 0. The van der Waals surface area contributed by atoms with E-state index in [9.17, 15) is 28.3 Å². The fourth-order valence-corrected chi connectivity index (χ4v) is 1.80. The highest BCUT2D eigenvalue weighted by atomic mass is 19.3. The Kier molecular flexibility index (Phi) is 9.37. The van der Waals surface area contributed by atoms with Gasteiger partial charge in [-0.2, -0.15) is 8.78 Å². The van der Waals surface area contributed by atoms with Crippen molar-refractivity contribution in [3.63, 3.8) is 0 Å². The number of carbonyl (C=O) groups is 3. The molecular weight excluding hydrogens is 328 g/mol. The first kappa shape index (κ1) is 22.2. The molecule has 0 aliphatic carbocycles. The Hall–Kier alpha value is -1.81. The number of hydrogen-bond acceptors (Lipinski definition) is 6. The van der Waals surface area contributed by atoms with Crippen LogP contribution in [0.5, 0.6) is 0 Å². The van der Waals surface area contributed by atoms with Gasteiger partial charge in [-0.1, -0.05) is 13.8 Å².